The van der Waals surface area contributed by atoms with Gasteiger partial charge in [0.05, 0.1) is 5.52 Å². The van der Waals surface area contributed by atoms with Crippen LogP contribution in [-0.2, 0) is 4.74 Å². The van der Waals surface area contributed by atoms with Crippen LogP contribution in [0.2, 0.25) is 0 Å². The van der Waals surface area contributed by atoms with Crippen molar-refractivity contribution in [2.24, 2.45) is 0 Å². The van der Waals surface area contributed by atoms with E-state index in [0.717, 1.165) is 28.3 Å². The summed E-state index contributed by atoms with van der Waals surface area (Å²) in [4.78, 5) is 11.3. The average molecular weight is 372 g/mol. The maximum absolute atomic E-state index is 11.3. The Bertz CT molecular complexity index is 632. The lowest BCUT2D eigenvalue weighted by Gasteiger charge is -2.23. The molecule has 19 heavy (non-hydrogen) atoms. The third kappa shape index (κ3) is 2.34. The summed E-state index contributed by atoms with van der Waals surface area (Å²) in [5, 5.41) is 14.2. The van der Waals surface area contributed by atoms with Crippen molar-refractivity contribution in [1.82, 2.24) is 9.78 Å². The lowest BCUT2D eigenvalue weighted by atomic mass is 10.2. The SMILES string of the molecule is O=C(O)c1nn(C2CCCCO2)c2ccc(I)cc12. The zero-order valence-electron chi connectivity index (χ0n) is 10.2. The van der Waals surface area contributed by atoms with Gasteiger partial charge >= 0.3 is 5.97 Å². The Labute approximate surface area is 123 Å². The summed E-state index contributed by atoms with van der Waals surface area (Å²) < 4.78 is 8.41. The van der Waals surface area contributed by atoms with E-state index in [0.29, 0.717) is 12.0 Å². The van der Waals surface area contributed by atoms with Gasteiger partial charge in [0.25, 0.3) is 0 Å². The lowest BCUT2D eigenvalue weighted by molar-refractivity contribution is -0.0368. The molecule has 1 N–H and O–H groups in total. The fraction of sp³-hybridized carbons (Fsp3) is 0.385. The summed E-state index contributed by atoms with van der Waals surface area (Å²) >= 11 is 2.17. The van der Waals surface area contributed by atoms with E-state index in [1.54, 1.807) is 4.68 Å². The van der Waals surface area contributed by atoms with Crippen molar-refractivity contribution < 1.29 is 14.6 Å². The van der Waals surface area contributed by atoms with Gasteiger partial charge in [0.1, 0.15) is 0 Å². The van der Waals surface area contributed by atoms with E-state index in [2.05, 4.69) is 27.7 Å². The molecule has 0 amide bonds. The second kappa shape index (κ2) is 5.09. The van der Waals surface area contributed by atoms with Gasteiger partial charge < -0.3 is 9.84 Å². The minimum atomic E-state index is -0.999. The molecule has 1 aliphatic rings. The van der Waals surface area contributed by atoms with Crippen molar-refractivity contribution in [1.29, 1.82) is 0 Å². The van der Waals surface area contributed by atoms with E-state index >= 15 is 0 Å². The number of carboxylic acid groups (broad SMARTS) is 1. The number of carbonyl (C=O) groups is 1. The average Bonchev–Trinajstić information content (AvgIpc) is 2.78. The summed E-state index contributed by atoms with van der Waals surface area (Å²) in [7, 11) is 0. The monoisotopic (exact) mass is 372 g/mol. The van der Waals surface area contributed by atoms with Gasteiger partial charge in [-0.15, -0.1) is 0 Å². The smallest absolute Gasteiger partial charge is 0.357 e. The highest BCUT2D eigenvalue weighted by molar-refractivity contribution is 14.1. The largest absolute Gasteiger partial charge is 0.476 e. The standard InChI is InChI=1S/C13H13IN2O3/c14-8-4-5-10-9(7-8)12(13(17)18)15-16(10)11-3-1-2-6-19-11/h4-5,7,11H,1-3,6H2,(H,17,18). The Morgan fingerprint density at radius 3 is 3.00 bits per heavy atom. The van der Waals surface area contributed by atoms with Gasteiger partial charge in [0.2, 0.25) is 0 Å². The number of hydrogen-bond acceptors (Lipinski definition) is 3. The fourth-order valence-corrected chi connectivity index (χ4v) is 2.90. The Balaban J connectivity index is 2.16. The topological polar surface area (TPSA) is 64.3 Å². The summed E-state index contributed by atoms with van der Waals surface area (Å²) in [6.45, 7) is 0.707. The fourth-order valence-electron chi connectivity index (χ4n) is 2.41. The maximum Gasteiger partial charge on any atom is 0.357 e. The van der Waals surface area contributed by atoms with Crippen molar-refractivity contribution in [3.8, 4) is 0 Å². The van der Waals surface area contributed by atoms with Gasteiger partial charge in [-0.05, 0) is 60.1 Å². The van der Waals surface area contributed by atoms with E-state index in [4.69, 9.17) is 4.74 Å². The van der Waals surface area contributed by atoms with Crippen LogP contribution in [0.25, 0.3) is 10.9 Å². The molecule has 0 radical (unpaired) electrons. The van der Waals surface area contributed by atoms with Crippen LogP contribution in [0.5, 0.6) is 0 Å². The predicted octanol–water partition coefficient (Wildman–Crippen LogP) is 3.04. The molecule has 1 atom stereocenters. The first-order valence-electron chi connectivity index (χ1n) is 6.19. The molecule has 6 heteroatoms. The second-order valence-corrected chi connectivity index (χ2v) is 5.83. The summed E-state index contributed by atoms with van der Waals surface area (Å²) in [5.74, 6) is -0.999. The van der Waals surface area contributed by atoms with E-state index in [9.17, 15) is 9.90 Å². The lowest BCUT2D eigenvalue weighted by Crippen LogP contribution is -2.19. The molecular formula is C13H13IN2O3. The Kier molecular flexibility index (Phi) is 3.44. The Morgan fingerprint density at radius 1 is 1.47 bits per heavy atom. The first-order chi connectivity index (χ1) is 9.16. The molecular weight excluding hydrogens is 359 g/mol. The van der Waals surface area contributed by atoms with E-state index < -0.39 is 5.97 Å². The van der Waals surface area contributed by atoms with Crippen molar-refractivity contribution in [3.05, 3.63) is 27.5 Å². The highest BCUT2D eigenvalue weighted by Crippen LogP contribution is 2.29. The van der Waals surface area contributed by atoms with Crippen molar-refractivity contribution in [2.75, 3.05) is 6.61 Å². The number of benzene rings is 1. The maximum atomic E-state index is 11.3. The second-order valence-electron chi connectivity index (χ2n) is 4.58. The number of fused-ring (bicyclic) bond motifs is 1. The van der Waals surface area contributed by atoms with Crippen LogP contribution >= 0.6 is 22.6 Å². The number of aromatic nitrogens is 2. The summed E-state index contributed by atoms with van der Waals surface area (Å²) in [6, 6.07) is 5.72. The number of nitrogens with zero attached hydrogens (tertiary/aromatic N) is 2. The molecule has 1 fully saturated rings. The molecule has 100 valence electrons. The van der Waals surface area contributed by atoms with Crippen molar-refractivity contribution in [2.45, 2.75) is 25.5 Å². The third-order valence-electron chi connectivity index (χ3n) is 3.30. The van der Waals surface area contributed by atoms with Crippen LogP contribution in [0, 0.1) is 3.57 Å². The summed E-state index contributed by atoms with van der Waals surface area (Å²) in [5.41, 5.74) is 0.924. The molecule has 1 aromatic heterocycles. The molecule has 0 saturated carbocycles. The van der Waals surface area contributed by atoms with Gasteiger partial charge in [0, 0.05) is 15.6 Å². The number of hydrogen-bond donors (Lipinski definition) is 1. The van der Waals surface area contributed by atoms with Gasteiger partial charge in [0.15, 0.2) is 11.9 Å². The molecule has 3 rings (SSSR count). The van der Waals surface area contributed by atoms with Crippen molar-refractivity contribution >= 4 is 39.5 Å². The van der Waals surface area contributed by atoms with Gasteiger partial charge in [-0.1, -0.05) is 0 Å². The molecule has 2 aromatic rings. The number of rotatable bonds is 2. The van der Waals surface area contributed by atoms with Gasteiger partial charge in [-0.25, -0.2) is 9.48 Å². The third-order valence-corrected chi connectivity index (χ3v) is 3.97. The highest BCUT2D eigenvalue weighted by atomic mass is 127. The molecule has 1 aromatic carbocycles. The Hall–Kier alpha value is -1.15. The van der Waals surface area contributed by atoms with Gasteiger partial charge in [-0.3, -0.25) is 0 Å². The van der Waals surface area contributed by atoms with Crippen molar-refractivity contribution in [3.63, 3.8) is 0 Å². The minimum Gasteiger partial charge on any atom is -0.476 e. The van der Waals surface area contributed by atoms with Crippen LogP contribution in [0.15, 0.2) is 18.2 Å². The van der Waals surface area contributed by atoms with Crippen LogP contribution < -0.4 is 0 Å². The Morgan fingerprint density at radius 2 is 2.32 bits per heavy atom. The molecule has 0 spiro atoms. The molecule has 2 heterocycles. The zero-order chi connectivity index (χ0) is 13.4. The van der Waals surface area contributed by atoms with Crippen LogP contribution in [0.1, 0.15) is 36.0 Å². The summed E-state index contributed by atoms with van der Waals surface area (Å²) in [6.07, 6.45) is 2.87. The van der Waals surface area contributed by atoms with Crippen LogP contribution in [0.4, 0.5) is 0 Å². The first-order valence-corrected chi connectivity index (χ1v) is 7.27. The van der Waals surface area contributed by atoms with E-state index in [1.807, 2.05) is 18.2 Å². The molecule has 0 bridgehead atoms. The molecule has 0 aliphatic carbocycles. The quantitative estimate of drug-likeness (QED) is 0.824. The zero-order valence-corrected chi connectivity index (χ0v) is 12.3. The van der Waals surface area contributed by atoms with Crippen LogP contribution in [0.3, 0.4) is 0 Å². The van der Waals surface area contributed by atoms with Gasteiger partial charge in [-0.2, -0.15) is 5.10 Å². The number of ether oxygens (including phenoxy) is 1. The van der Waals surface area contributed by atoms with E-state index in [-0.39, 0.29) is 11.9 Å². The molecule has 5 nitrogen and oxygen atoms in total. The highest BCUT2D eigenvalue weighted by Gasteiger charge is 2.23. The molecule has 1 saturated heterocycles. The van der Waals surface area contributed by atoms with Crippen LogP contribution in [-0.4, -0.2) is 27.5 Å². The first kappa shape index (κ1) is 12.9. The normalized spacial score (nSPS) is 19.7. The number of carboxylic acids is 1. The minimum absolute atomic E-state index is 0.0997. The number of aromatic carboxylic acids is 1. The molecule has 1 unspecified atom stereocenters. The van der Waals surface area contributed by atoms with E-state index in [1.165, 1.54) is 0 Å². The number of halogens is 1. The predicted molar refractivity (Wildman–Crippen MR) is 78.2 cm³/mol. The molecule has 1 aliphatic heterocycles.